The maximum Gasteiger partial charge on any atom is 0.253 e. The topological polar surface area (TPSA) is 83.4 Å². The molecule has 0 aliphatic carbocycles. The zero-order valence-electron chi connectivity index (χ0n) is 14.7. The number of nitrogens with one attached hydrogen (secondary N) is 3. The molecule has 0 atom stereocenters. The number of anilines is 2. The van der Waals surface area contributed by atoms with Crippen molar-refractivity contribution in [2.24, 2.45) is 0 Å². The summed E-state index contributed by atoms with van der Waals surface area (Å²) < 4.78 is 5.24. The zero-order valence-corrected chi connectivity index (χ0v) is 14.7. The number of piperidine rings is 1. The number of rotatable bonds is 5. The summed E-state index contributed by atoms with van der Waals surface area (Å²) in [5.74, 6) is 0.720. The highest BCUT2D eigenvalue weighted by atomic mass is 16.3. The first-order valence-electron chi connectivity index (χ1n) is 8.32. The van der Waals surface area contributed by atoms with Gasteiger partial charge in [0, 0.05) is 17.1 Å². The van der Waals surface area contributed by atoms with E-state index in [4.69, 9.17) is 4.42 Å². The normalized spacial score (nSPS) is 20.2. The lowest BCUT2D eigenvalue weighted by Gasteiger charge is -2.47. The molecule has 0 unspecified atom stereocenters. The Kier molecular flexibility index (Phi) is 4.03. The molecule has 0 bridgehead atoms. The van der Waals surface area contributed by atoms with Gasteiger partial charge in [-0.1, -0.05) is 0 Å². The van der Waals surface area contributed by atoms with E-state index in [1.54, 1.807) is 12.3 Å². The lowest BCUT2D eigenvalue weighted by Crippen LogP contribution is -2.60. The van der Waals surface area contributed by atoms with Gasteiger partial charge in [-0.15, -0.1) is 0 Å². The average molecular weight is 331 g/mol. The molecule has 24 heavy (non-hydrogen) atoms. The molecule has 3 N–H and O–H groups in total. The number of hydrogen-bond acceptors (Lipinski definition) is 6. The Bertz CT molecular complexity index is 767. The maximum atomic E-state index is 12.0. The monoisotopic (exact) mass is 331 g/mol. The van der Waals surface area contributed by atoms with Crippen LogP contribution >= 0.6 is 0 Å². The Morgan fingerprint density at radius 2 is 1.75 bits per heavy atom. The van der Waals surface area contributed by atoms with Gasteiger partial charge in [-0.05, 0) is 52.7 Å². The molecule has 1 saturated heterocycles. The van der Waals surface area contributed by atoms with Crippen LogP contribution in [-0.2, 0) is 6.54 Å². The van der Waals surface area contributed by atoms with Gasteiger partial charge in [0.05, 0.1) is 12.8 Å². The molecule has 3 rings (SSSR count). The minimum Gasteiger partial charge on any atom is -0.467 e. The van der Waals surface area contributed by atoms with Gasteiger partial charge >= 0.3 is 0 Å². The van der Waals surface area contributed by atoms with Crippen LogP contribution in [0.1, 0.15) is 46.3 Å². The molecule has 1 aliphatic heterocycles. The van der Waals surface area contributed by atoms with Crippen LogP contribution < -0.4 is 26.8 Å². The van der Waals surface area contributed by atoms with Gasteiger partial charge in [0.2, 0.25) is 0 Å². The summed E-state index contributed by atoms with van der Waals surface area (Å²) in [6, 6.07) is 3.75. The van der Waals surface area contributed by atoms with Crippen LogP contribution in [0.4, 0.5) is 11.4 Å². The number of hydrogen-bond donors (Lipinski definition) is 3. The smallest absolute Gasteiger partial charge is 0.253 e. The van der Waals surface area contributed by atoms with Crippen molar-refractivity contribution in [3.05, 3.63) is 44.6 Å². The Hall–Kier alpha value is -2.08. The van der Waals surface area contributed by atoms with Crippen LogP contribution in [0.5, 0.6) is 0 Å². The molecule has 0 amide bonds. The lowest BCUT2D eigenvalue weighted by molar-refractivity contribution is 0.170. The molecule has 1 aliphatic rings. The second-order valence-corrected chi connectivity index (χ2v) is 7.98. The van der Waals surface area contributed by atoms with Gasteiger partial charge in [-0.2, -0.15) is 0 Å². The first-order valence-corrected chi connectivity index (χ1v) is 8.32. The van der Waals surface area contributed by atoms with Gasteiger partial charge in [0.25, 0.3) is 10.9 Å². The summed E-state index contributed by atoms with van der Waals surface area (Å²) in [5, 5.41) is 9.93. The van der Waals surface area contributed by atoms with E-state index < -0.39 is 10.9 Å². The van der Waals surface area contributed by atoms with Crippen molar-refractivity contribution >= 4 is 11.4 Å². The van der Waals surface area contributed by atoms with Gasteiger partial charge in [-0.3, -0.25) is 9.59 Å². The lowest BCUT2D eigenvalue weighted by atomic mass is 9.79. The van der Waals surface area contributed by atoms with E-state index in [-0.39, 0.29) is 17.1 Å². The fourth-order valence-electron chi connectivity index (χ4n) is 3.92. The van der Waals surface area contributed by atoms with Crippen molar-refractivity contribution in [2.45, 2.75) is 64.2 Å². The molecule has 0 radical (unpaired) electrons. The van der Waals surface area contributed by atoms with Gasteiger partial charge in [0.15, 0.2) is 0 Å². The fraction of sp³-hybridized carbons (Fsp3) is 0.556. The highest BCUT2D eigenvalue weighted by Gasteiger charge is 2.38. The van der Waals surface area contributed by atoms with E-state index in [0.717, 1.165) is 18.6 Å². The van der Waals surface area contributed by atoms with Crippen LogP contribution in [0.3, 0.4) is 0 Å². The Labute approximate surface area is 141 Å². The van der Waals surface area contributed by atoms with E-state index in [9.17, 15) is 9.59 Å². The Balaban J connectivity index is 1.72. The largest absolute Gasteiger partial charge is 0.467 e. The molecule has 1 aromatic carbocycles. The standard InChI is InChI=1S/C18H25N3O3/c1-17(2)8-11(9-18(3,4)21-17)20-14-13(15(22)16(14)23)19-10-12-6-5-7-24-12/h5-7,11,19-21H,8-10H2,1-4H3. The fourth-order valence-corrected chi connectivity index (χ4v) is 3.92. The van der Waals surface area contributed by atoms with Gasteiger partial charge < -0.3 is 20.4 Å². The summed E-state index contributed by atoms with van der Waals surface area (Å²) in [5.41, 5.74) is -0.185. The molecule has 1 fully saturated rings. The van der Waals surface area contributed by atoms with Crippen molar-refractivity contribution in [3.8, 4) is 0 Å². The molecule has 0 saturated carbocycles. The van der Waals surface area contributed by atoms with E-state index >= 15 is 0 Å². The van der Waals surface area contributed by atoms with Crippen molar-refractivity contribution in [2.75, 3.05) is 10.6 Å². The SMILES string of the molecule is CC1(C)CC(Nc2c(NCc3ccco3)c(=O)c2=O)CC(C)(C)N1. The van der Waals surface area contributed by atoms with E-state index in [1.807, 2.05) is 6.07 Å². The Morgan fingerprint density at radius 3 is 2.33 bits per heavy atom. The maximum absolute atomic E-state index is 12.0. The Morgan fingerprint density at radius 1 is 1.12 bits per heavy atom. The summed E-state index contributed by atoms with van der Waals surface area (Å²) >= 11 is 0. The molecule has 2 heterocycles. The molecular weight excluding hydrogens is 306 g/mol. The van der Waals surface area contributed by atoms with Crippen LogP contribution in [-0.4, -0.2) is 17.1 Å². The van der Waals surface area contributed by atoms with E-state index in [1.165, 1.54) is 0 Å². The highest BCUT2D eigenvalue weighted by Crippen LogP contribution is 2.31. The minimum atomic E-state index is -0.462. The van der Waals surface area contributed by atoms with Gasteiger partial charge in [0.1, 0.15) is 17.1 Å². The summed E-state index contributed by atoms with van der Waals surface area (Å²) in [6.07, 6.45) is 3.34. The minimum absolute atomic E-state index is 0.0292. The van der Waals surface area contributed by atoms with Crippen molar-refractivity contribution in [1.29, 1.82) is 0 Å². The van der Waals surface area contributed by atoms with Crippen LogP contribution in [0.25, 0.3) is 0 Å². The predicted molar refractivity (Wildman–Crippen MR) is 95.3 cm³/mol. The van der Waals surface area contributed by atoms with Crippen LogP contribution in [0.2, 0.25) is 0 Å². The zero-order chi connectivity index (χ0) is 17.5. The third-order valence-electron chi connectivity index (χ3n) is 4.47. The second-order valence-electron chi connectivity index (χ2n) is 7.98. The van der Waals surface area contributed by atoms with Crippen LogP contribution in [0, 0.1) is 0 Å². The van der Waals surface area contributed by atoms with E-state index in [0.29, 0.717) is 17.9 Å². The summed E-state index contributed by atoms with van der Waals surface area (Å²) in [6.45, 7) is 9.00. The average Bonchev–Trinajstić information content (AvgIpc) is 2.95. The first kappa shape index (κ1) is 16.8. The predicted octanol–water partition coefficient (Wildman–Crippen LogP) is 2.21. The second kappa shape index (κ2) is 5.77. The number of furan rings is 1. The molecule has 2 aromatic rings. The van der Waals surface area contributed by atoms with Crippen molar-refractivity contribution in [3.63, 3.8) is 0 Å². The van der Waals surface area contributed by atoms with Crippen molar-refractivity contribution < 1.29 is 4.42 Å². The molecule has 6 heteroatoms. The molecule has 130 valence electrons. The highest BCUT2D eigenvalue weighted by molar-refractivity contribution is 5.74. The van der Waals surface area contributed by atoms with E-state index in [2.05, 4.69) is 43.6 Å². The first-order chi connectivity index (χ1) is 11.2. The molecule has 1 aromatic heterocycles. The molecular formula is C18H25N3O3. The summed E-state index contributed by atoms with van der Waals surface area (Å²) in [7, 11) is 0. The van der Waals surface area contributed by atoms with Crippen LogP contribution in [0.15, 0.2) is 32.4 Å². The third kappa shape index (κ3) is 3.38. The van der Waals surface area contributed by atoms with Gasteiger partial charge in [-0.25, -0.2) is 0 Å². The third-order valence-corrected chi connectivity index (χ3v) is 4.47. The molecule has 6 nitrogen and oxygen atoms in total. The van der Waals surface area contributed by atoms with Crippen molar-refractivity contribution in [1.82, 2.24) is 5.32 Å². The quantitative estimate of drug-likeness (QED) is 0.729. The molecule has 0 spiro atoms. The summed E-state index contributed by atoms with van der Waals surface area (Å²) in [4.78, 5) is 23.9.